The number of thiazole rings is 1. The molecule has 144 valence electrons. The molecule has 0 radical (unpaired) electrons. The fourth-order valence-corrected chi connectivity index (χ4v) is 3.32. The van der Waals surface area contributed by atoms with Crippen LogP contribution in [0, 0.1) is 0 Å². The Labute approximate surface area is 172 Å². The molecule has 0 saturated heterocycles. The molecule has 3 amide bonds. The Morgan fingerprint density at radius 3 is 2.64 bits per heavy atom. The Kier molecular flexibility index (Phi) is 6.22. The lowest BCUT2D eigenvalue weighted by molar-refractivity contribution is -0.116. The molecule has 3 rings (SSSR count). The maximum atomic E-state index is 12.0. The van der Waals surface area contributed by atoms with Gasteiger partial charge in [0.2, 0.25) is 5.91 Å². The summed E-state index contributed by atoms with van der Waals surface area (Å²) in [6.45, 7) is 0.207. The summed E-state index contributed by atoms with van der Waals surface area (Å²) in [6.07, 6.45) is 1.74. The van der Waals surface area contributed by atoms with Crippen molar-refractivity contribution >= 4 is 50.1 Å². The lowest BCUT2D eigenvalue weighted by atomic mass is 10.2. The van der Waals surface area contributed by atoms with Crippen molar-refractivity contribution in [3.63, 3.8) is 0 Å². The number of nitrogens with zero attached hydrogens (tertiary/aromatic N) is 1. The molecule has 28 heavy (non-hydrogen) atoms. The van der Waals surface area contributed by atoms with E-state index in [1.54, 1.807) is 41.9 Å². The number of aromatic amines is 1. The molecule has 0 fully saturated rings. The second kappa shape index (κ2) is 8.81. The summed E-state index contributed by atoms with van der Waals surface area (Å²) in [4.78, 5) is 42.3. The third kappa shape index (κ3) is 5.05. The zero-order valence-electron chi connectivity index (χ0n) is 14.5. The van der Waals surface area contributed by atoms with Gasteiger partial charge in [-0.1, -0.05) is 15.9 Å². The first-order valence-corrected chi connectivity index (χ1v) is 9.87. The van der Waals surface area contributed by atoms with Gasteiger partial charge in [-0.3, -0.25) is 14.4 Å². The molecule has 10 heteroatoms. The number of H-pyrrole nitrogens is 1. The molecule has 8 nitrogen and oxygen atoms in total. The van der Waals surface area contributed by atoms with E-state index in [9.17, 15) is 14.4 Å². The minimum Gasteiger partial charge on any atom is -0.364 e. The Bertz CT molecular complexity index is 1010. The standard InChI is InChI=1S/C18H16BrN5O3S/c19-12-3-1-10(2-4-12)17(27)21-6-5-15(25)24-18-23-14(9-28-18)11-7-13(16(20)26)22-8-11/h1-4,7-9,22H,5-6H2,(H2,20,26)(H,21,27)(H,23,24,25). The lowest BCUT2D eigenvalue weighted by Crippen LogP contribution is -2.27. The van der Waals surface area contributed by atoms with Crippen LogP contribution in [0.5, 0.6) is 0 Å². The van der Waals surface area contributed by atoms with Crippen molar-refractivity contribution in [3.05, 3.63) is 57.6 Å². The van der Waals surface area contributed by atoms with E-state index in [2.05, 4.69) is 36.5 Å². The van der Waals surface area contributed by atoms with Gasteiger partial charge in [0.25, 0.3) is 11.8 Å². The van der Waals surface area contributed by atoms with Crippen LogP contribution < -0.4 is 16.4 Å². The Morgan fingerprint density at radius 2 is 1.96 bits per heavy atom. The van der Waals surface area contributed by atoms with Crippen LogP contribution >= 0.6 is 27.3 Å². The summed E-state index contributed by atoms with van der Waals surface area (Å²) in [6, 6.07) is 8.54. The highest BCUT2D eigenvalue weighted by Crippen LogP contribution is 2.25. The Balaban J connectivity index is 1.48. The van der Waals surface area contributed by atoms with Gasteiger partial charge in [-0.25, -0.2) is 4.98 Å². The van der Waals surface area contributed by atoms with Gasteiger partial charge in [0, 0.05) is 40.1 Å². The van der Waals surface area contributed by atoms with Crippen LogP contribution in [0.15, 0.2) is 46.4 Å². The first kappa shape index (κ1) is 19.8. The predicted molar refractivity (Wildman–Crippen MR) is 110 cm³/mol. The average Bonchev–Trinajstić information content (AvgIpc) is 3.31. The highest BCUT2D eigenvalue weighted by atomic mass is 79.9. The molecule has 1 aromatic carbocycles. The number of anilines is 1. The highest BCUT2D eigenvalue weighted by Gasteiger charge is 2.12. The topological polar surface area (TPSA) is 130 Å². The molecule has 0 unspecified atom stereocenters. The monoisotopic (exact) mass is 461 g/mol. The smallest absolute Gasteiger partial charge is 0.265 e. The molecule has 0 bridgehead atoms. The first-order chi connectivity index (χ1) is 13.4. The molecular formula is C18H16BrN5O3S. The van der Waals surface area contributed by atoms with Crippen molar-refractivity contribution in [2.75, 3.05) is 11.9 Å². The summed E-state index contributed by atoms with van der Waals surface area (Å²) < 4.78 is 0.886. The summed E-state index contributed by atoms with van der Waals surface area (Å²) >= 11 is 4.57. The molecule has 0 aliphatic carbocycles. The van der Waals surface area contributed by atoms with Crippen LogP contribution in [0.3, 0.4) is 0 Å². The van der Waals surface area contributed by atoms with E-state index in [-0.39, 0.29) is 30.5 Å². The van der Waals surface area contributed by atoms with Gasteiger partial charge in [-0.15, -0.1) is 11.3 Å². The van der Waals surface area contributed by atoms with E-state index < -0.39 is 5.91 Å². The van der Waals surface area contributed by atoms with Crippen LogP contribution in [0.2, 0.25) is 0 Å². The van der Waals surface area contributed by atoms with Gasteiger partial charge < -0.3 is 21.4 Å². The number of hydrogen-bond donors (Lipinski definition) is 4. The number of benzene rings is 1. The number of rotatable bonds is 7. The number of hydrogen-bond acceptors (Lipinski definition) is 5. The normalized spacial score (nSPS) is 10.5. The summed E-state index contributed by atoms with van der Waals surface area (Å²) in [5.74, 6) is -1.06. The van der Waals surface area contributed by atoms with Crippen molar-refractivity contribution in [1.29, 1.82) is 0 Å². The predicted octanol–water partition coefficient (Wildman–Crippen LogP) is 2.76. The summed E-state index contributed by atoms with van der Waals surface area (Å²) in [5, 5.41) is 7.59. The van der Waals surface area contributed by atoms with Gasteiger partial charge >= 0.3 is 0 Å². The van der Waals surface area contributed by atoms with Crippen molar-refractivity contribution in [3.8, 4) is 11.3 Å². The maximum absolute atomic E-state index is 12.0. The fourth-order valence-electron chi connectivity index (χ4n) is 2.32. The molecule has 3 aromatic rings. The molecular weight excluding hydrogens is 446 g/mol. The van der Waals surface area contributed by atoms with E-state index in [0.717, 1.165) is 4.47 Å². The first-order valence-electron chi connectivity index (χ1n) is 8.20. The van der Waals surface area contributed by atoms with E-state index in [1.807, 2.05) is 0 Å². The number of primary amides is 1. The fraction of sp³-hybridized carbons (Fsp3) is 0.111. The SMILES string of the molecule is NC(=O)c1cc(-c2csc(NC(=O)CCNC(=O)c3ccc(Br)cc3)n2)c[nH]1. The number of amides is 3. The number of carbonyl (C=O) groups excluding carboxylic acids is 3. The van der Waals surface area contributed by atoms with Gasteiger partial charge in [0.1, 0.15) is 5.69 Å². The van der Waals surface area contributed by atoms with E-state index in [4.69, 9.17) is 5.73 Å². The number of aromatic nitrogens is 2. The Hall–Kier alpha value is -2.98. The largest absolute Gasteiger partial charge is 0.364 e. The van der Waals surface area contributed by atoms with E-state index in [0.29, 0.717) is 22.0 Å². The van der Waals surface area contributed by atoms with Crippen LogP contribution in [-0.2, 0) is 4.79 Å². The molecule has 5 N–H and O–H groups in total. The molecule has 0 atom stereocenters. The van der Waals surface area contributed by atoms with Crippen LogP contribution in [0.25, 0.3) is 11.3 Å². The van der Waals surface area contributed by atoms with E-state index >= 15 is 0 Å². The number of halogens is 1. The number of nitrogens with one attached hydrogen (secondary N) is 3. The Morgan fingerprint density at radius 1 is 1.21 bits per heavy atom. The zero-order valence-corrected chi connectivity index (χ0v) is 16.9. The van der Waals surface area contributed by atoms with Gasteiger partial charge in [-0.05, 0) is 30.3 Å². The molecule has 0 spiro atoms. The summed E-state index contributed by atoms with van der Waals surface area (Å²) in [7, 11) is 0. The van der Waals surface area contributed by atoms with Crippen molar-refractivity contribution in [1.82, 2.24) is 15.3 Å². The number of nitrogens with two attached hydrogens (primary N) is 1. The summed E-state index contributed by atoms with van der Waals surface area (Å²) in [5.41, 5.74) is 7.34. The van der Waals surface area contributed by atoms with Crippen LogP contribution in [0.1, 0.15) is 27.3 Å². The van der Waals surface area contributed by atoms with Gasteiger partial charge in [-0.2, -0.15) is 0 Å². The van der Waals surface area contributed by atoms with Gasteiger partial charge in [0.05, 0.1) is 5.69 Å². The minimum atomic E-state index is -0.555. The zero-order chi connectivity index (χ0) is 20.1. The quantitative estimate of drug-likeness (QED) is 0.430. The van der Waals surface area contributed by atoms with Crippen LogP contribution in [-0.4, -0.2) is 34.2 Å². The van der Waals surface area contributed by atoms with Crippen molar-refractivity contribution in [2.45, 2.75) is 6.42 Å². The maximum Gasteiger partial charge on any atom is 0.265 e. The second-order valence-electron chi connectivity index (χ2n) is 5.77. The molecule has 0 aliphatic heterocycles. The third-order valence-electron chi connectivity index (χ3n) is 3.74. The molecule has 0 saturated carbocycles. The van der Waals surface area contributed by atoms with Crippen LogP contribution in [0.4, 0.5) is 5.13 Å². The second-order valence-corrected chi connectivity index (χ2v) is 7.54. The van der Waals surface area contributed by atoms with Crippen molar-refractivity contribution < 1.29 is 14.4 Å². The van der Waals surface area contributed by atoms with E-state index in [1.165, 1.54) is 11.3 Å². The average molecular weight is 462 g/mol. The molecule has 2 aromatic heterocycles. The highest BCUT2D eigenvalue weighted by molar-refractivity contribution is 9.10. The number of carbonyl (C=O) groups is 3. The lowest BCUT2D eigenvalue weighted by Gasteiger charge is -2.05. The molecule has 0 aliphatic rings. The molecule has 2 heterocycles. The van der Waals surface area contributed by atoms with Crippen molar-refractivity contribution in [2.24, 2.45) is 5.73 Å². The third-order valence-corrected chi connectivity index (χ3v) is 5.03. The minimum absolute atomic E-state index is 0.118. The van der Waals surface area contributed by atoms with Gasteiger partial charge in [0.15, 0.2) is 5.13 Å².